The first-order chi connectivity index (χ1) is 36.4. The lowest BCUT2D eigenvalue weighted by molar-refractivity contribution is 0.105. The third-order valence-corrected chi connectivity index (χ3v) is 17.1. The molecule has 22 heteroatoms. The van der Waals surface area contributed by atoms with Crippen molar-refractivity contribution in [1.82, 2.24) is 9.80 Å². The van der Waals surface area contributed by atoms with Crippen molar-refractivity contribution < 1.29 is 44.2 Å². The molecule has 2 aliphatic rings. The van der Waals surface area contributed by atoms with E-state index in [2.05, 4.69) is 39.6 Å². The molecule has 77 heavy (non-hydrogen) atoms. The van der Waals surface area contributed by atoms with E-state index in [-0.39, 0.29) is 35.9 Å². The van der Waals surface area contributed by atoms with Crippen LogP contribution >= 0.6 is 132 Å². The molecule has 7 rings (SSSR count). The second-order valence-corrected chi connectivity index (χ2v) is 23.4. The first-order valence-electron chi connectivity index (χ1n) is 24.2. The molecule has 5 aromatic carbocycles. The van der Waals surface area contributed by atoms with E-state index in [1.807, 2.05) is 19.1 Å². The second-order valence-electron chi connectivity index (χ2n) is 17.9. The number of aliphatic hydroxyl groups excluding tert-OH is 3. The fraction of sp³-hybridized carbons (Fsp3) is 0.436. The van der Waals surface area contributed by atoms with Crippen molar-refractivity contribution in [2.24, 2.45) is 11.8 Å². The van der Waals surface area contributed by atoms with Crippen LogP contribution in [-0.4, -0.2) is 104 Å². The molecule has 4 unspecified atom stereocenters. The number of aromatic hydroxyl groups is 1. The van der Waals surface area contributed by atoms with E-state index < -0.39 is 6.10 Å². The summed E-state index contributed by atoms with van der Waals surface area (Å²) in [4.78, 5) is 15.4. The summed E-state index contributed by atoms with van der Waals surface area (Å²) in [5, 5.41) is 42.3. The minimum absolute atomic E-state index is 0.0920. The van der Waals surface area contributed by atoms with Gasteiger partial charge in [0, 0.05) is 82.7 Å². The van der Waals surface area contributed by atoms with Crippen LogP contribution in [0.2, 0.25) is 50.2 Å². The third kappa shape index (κ3) is 20.7. The maximum atomic E-state index is 10.5. The molecule has 426 valence electrons. The van der Waals surface area contributed by atoms with E-state index >= 15 is 0 Å². The molecule has 5 aromatic rings. The van der Waals surface area contributed by atoms with Gasteiger partial charge in [-0.15, -0.1) is 0 Å². The Bertz CT molecular complexity index is 2610. The monoisotopic (exact) mass is 1330 g/mol. The van der Waals surface area contributed by atoms with Gasteiger partial charge in [0.1, 0.15) is 28.7 Å². The zero-order chi connectivity index (χ0) is 57.8. The molecule has 0 amide bonds. The summed E-state index contributed by atoms with van der Waals surface area (Å²) in [5.41, 5.74) is 3.89. The Morgan fingerprint density at radius 3 is 1.16 bits per heavy atom. The van der Waals surface area contributed by atoms with E-state index in [0.29, 0.717) is 91.0 Å². The summed E-state index contributed by atoms with van der Waals surface area (Å²) in [6, 6.07) is 16.9. The number of aldehydes is 1. The second kappa shape index (κ2) is 34.4. The number of piperidine rings is 2. The van der Waals surface area contributed by atoms with Crippen LogP contribution in [0.1, 0.15) is 109 Å². The van der Waals surface area contributed by atoms with Crippen LogP contribution in [0, 0.1) is 11.8 Å². The first-order valence-corrected chi connectivity index (χ1v) is 28.9. The number of aliphatic hydroxyl groups is 3. The number of halogens is 11. The zero-order valence-corrected chi connectivity index (χ0v) is 52.9. The Labute approximate surface area is 511 Å². The number of alkyl halides is 1. The number of likely N-dealkylation sites (tertiary alicyclic amines) is 2. The Hall–Kier alpha value is -2.05. The number of phenolic OH excluding ortho intramolecular Hbond substituents is 1. The van der Waals surface area contributed by atoms with Gasteiger partial charge in [0.15, 0.2) is 6.29 Å². The molecular weight excluding hydrogens is 1270 g/mol. The summed E-state index contributed by atoms with van der Waals surface area (Å²) in [6.45, 7) is 12.2. The molecule has 2 heterocycles. The Morgan fingerprint density at radius 1 is 0.494 bits per heavy atom. The number of phenols is 1. The van der Waals surface area contributed by atoms with Gasteiger partial charge < -0.3 is 39.4 Å². The summed E-state index contributed by atoms with van der Waals surface area (Å²) in [5.74, 6) is 3.53. The maximum Gasteiger partial charge on any atom is 0.153 e. The molecule has 0 aliphatic carbocycles. The van der Waals surface area contributed by atoms with Crippen molar-refractivity contribution in [3.05, 3.63) is 139 Å². The van der Waals surface area contributed by atoms with Crippen molar-refractivity contribution in [2.75, 3.05) is 67.8 Å². The fourth-order valence-corrected chi connectivity index (χ4v) is 10.3. The fourth-order valence-electron chi connectivity index (χ4n) is 8.26. The number of ether oxygens (including phenoxy) is 4. The van der Waals surface area contributed by atoms with Crippen molar-refractivity contribution in [3.8, 4) is 28.7 Å². The van der Waals surface area contributed by atoms with Crippen LogP contribution in [0.4, 0.5) is 0 Å². The van der Waals surface area contributed by atoms with Gasteiger partial charge in [-0.05, 0) is 122 Å². The molecule has 0 spiro atoms. The van der Waals surface area contributed by atoms with E-state index in [1.165, 1.54) is 32.4 Å². The predicted octanol–water partition coefficient (Wildman–Crippen LogP) is 17.6. The van der Waals surface area contributed by atoms with E-state index in [9.17, 15) is 20.1 Å². The normalized spacial score (nSPS) is 15.6. The van der Waals surface area contributed by atoms with Gasteiger partial charge in [-0.2, -0.15) is 0 Å². The van der Waals surface area contributed by atoms with Gasteiger partial charge in [-0.1, -0.05) is 132 Å². The summed E-state index contributed by atoms with van der Waals surface area (Å²) in [6.07, 6.45) is 4.09. The molecule has 4 atom stereocenters. The molecule has 0 bridgehead atoms. The highest BCUT2D eigenvalue weighted by Gasteiger charge is 2.27. The highest BCUT2D eigenvalue weighted by Crippen LogP contribution is 2.40. The Kier molecular flexibility index (Phi) is 30.9. The van der Waals surface area contributed by atoms with Crippen LogP contribution in [0.3, 0.4) is 0 Å². The highest BCUT2D eigenvalue weighted by atomic mass is 79.9. The summed E-state index contributed by atoms with van der Waals surface area (Å²) in [7, 11) is 6.24. The number of carbonyl (C=O) groups is 1. The number of nitrogens with zero attached hydrogens (tertiary/aromatic N) is 2. The molecule has 0 aromatic heterocycles. The van der Waals surface area contributed by atoms with Crippen molar-refractivity contribution >= 4 is 138 Å². The average Bonchev–Trinajstić information content (AvgIpc) is 3.42. The van der Waals surface area contributed by atoms with Crippen LogP contribution in [0.25, 0.3) is 0 Å². The summed E-state index contributed by atoms with van der Waals surface area (Å²) < 4.78 is 20.5. The SMILES string of the molecule is CC(c1cc(Cl)c(Cl)cc1O)N1CCC(CO)CC1.COc1cc(Cl)c(Cl)cc1C(C)Br.COc1cc(Cl)c(Cl)cc1C(C)N1CCC(CO)CC1.COc1cc(Cl)c(Cl)cc1C(C)O.COc1cc(Cl)c(Cl)cc1C=O. The molecule has 4 N–H and O–H groups in total. The van der Waals surface area contributed by atoms with Gasteiger partial charge >= 0.3 is 0 Å². The maximum absolute atomic E-state index is 10.5. The van der Waals surface area contributed by atoms with Gasteiger partial charge in [-0.25, -0.2) is 0 Å². The van der Waals surface area contributed by atoms with E-state index in [0.717, 1.165) is 80.1 Å². The topological polar surface area (TPSA) is 141 Å². The van der Waals surface area contributed by atoms with Gasteiger partial charge in [-0.3, -0.25) is 14.6 Å². The van der Waals surface area contributed by atoms with Crippen LogP contribution < -0.4 is 18.9 Å². The highest BCUT2D eigenvalue weighted by molar-refractivity contribution is 9.09. The van der Waals surface area contributed by atoms with Gasteiger partial charge in [0.2, 0.25) is 0 Å². The van der Waals surface area contributed by atoms with Crippen LogP contribution in [0.15, 0.2) is 60.7 Å². The quantitative estimate of drug-likeness (QED) is 0.0661. The molecule has 11 nitrogen and oxygen atoms in total. The Balaban J connectivity index is 0.000000258. The van der Waals surface area contributed by atoms with E-state index in [4.69, 9.17) is 140 Å². The molecule has 2 aliphatic heterocycles. The smallest absolute Gasteiger partial charge is 0.153 e. The lowest BCUT2D eigenvalue weighted by atomic mass is 9.95. The molecule has 0 radical (unpaired) electrons. The first kappa shape index (κ1) is 69.2. The molecule has 2 saturated heterocycles. The largest absolute Gasteiger partial charge is 0.508 e. The van der Waals surface area contributed by atoms with Crippen molar-refractivity contribution in [2.45, 2.75) is 76.4 Å². The number of hydrogen-bond acceptors (Lipinski definition) is 11. The minimum atomic E-state index is -0.621. The molecule has 0 saturated carbocycles. The van der Waals surface area contributed by atoms with Crippen molar-refractivity contribution in [1.29, 1.82) is 0 Å². The molecular formula is C55H65BrCl10N2O9. The Morgan fingerprint density at radius 2 is 0.792 bits per heavy atom. The van der Waals surface area contributed by atoms with Gasteiger partial charge in [0.05, 0.1) is 90.3 Å². The van der Waals surface area contributed by atoms with Crippen molar-refractivity contribution in [3.63, 3.8) is 0 Å². The number of benzene rings is 5. The van der Waals surface area contributed by atoms with Gasteiger partial charge in [0.25, 0.3) is 0 Å². The predicted molar refractivity (Wildman–Crippen MR) is 323 cm³/mol. The van der Waals surface area contributed by atoms with Crippen LogP contribution in [0.5, 0.6) is 28.7 Å². The lowest BCUT2D eigenvalue weighted by Crippen LogP contribution is -2.36. The number of carbonyl (C=O) groups excluding carboxylic acids is 1. The molecule has 2 fully saturated rings. The van der Waals surface area contributed by atoms with E-state index in [1.54, 1.807) is 51.5 Å². The number of hydrogen-bond donors (Lipinski definition) is 4. The number of methoxy groups -OCH3 is 4. The third-order valence-electron chi connectivity index (χ3n) is 13.0. The summed E-state index contributed by atoms with van der Waals surface area (Å²) >= 11 is 62.2. The standard InChI is InChI=1S/C15H21Cl2NO2.C14H19Cl2NO2.C9H9BrCl2O.C9H10Cl2O2.C8H6Cl2O2/c1-10(18-5-3-11(9-19)4-6-18)12-7-13(16)14(17)8-15(12)20-2;1-9(17-4-2-10(8-18)3-5-17)11-6-12(15)13(16)7-14(11)19;1-5(10)6-3-7(11)8(12)4-9(6)13-2;1-5(12)6-3-7(10)8(11)4-9(6)13-2;1-12-8-3-7(10)6(9)2-5(8)4-11/h7-8,10-11,19H,3-6,9H2,1-2H3;6-7,9-10,18-19H,2-5,8H2,1H3;3-5H,1-2H3;3-5,12H,1-2H3;2-4H,1H3. The average molecular weight is 1330 g/mol. The zero-order valence-electron chi connectivity index (χ0n) is 43.8. The number of rotatable bonds is 13. The lowest BCUT2D eigenvalue weighted by Gasteiger charge is -2.36. The minimum Gasteiger partial charge on any atom is -0.508 e. The van der Waals surface area contributed by atoms with Crippen LogP contribution in [-0.2, 0) is 0 Å².